The Labute approximate surface area is 110 Å². The van der Waals surface area contributed by atoms with Crippen LogP contribution in [0.4, 0.5) is 4.39 Å². The Hall–Kier alpha value is -2.42. The molecule has 0 aromatic heterocycles. The number of benzene rings is 1. The van der Waals surface area contributed by atoms with Crippen LogP contribution in [0.25, 0.3) is 0 Å². The Morgan fingerprint density at radius 3 is 2.79 bits per heavy atom. The van der Waals surface area contributed by atoms with Gasteiger partial charge in [0.05, 0.1) is 19.6 Å². The summed E-state index contributed by atoms with van der Waals surface area (Å²) in [5, 5.41) is 8.63. The highest BCUT2D eigenvalue weighted by Crippen LogP contribution is 2.06. The predicted molar refractivity (Wildman–Crippen MR) is 64.3 cm³/mol. The highest BCUT2D eigenvalue weighted by Gasteiger charge is 2.17. The van der Waals surface area contributed by atoms with Crippen LogP contribution in [0.3, 0.4) is 0 Å². The van der Waals surface area contributed by atoms with Gasteiger partial charge in [-0.2, -0.15) is 5.26 Å². The summed E-state index contributed by atoms with van der Waals surface area (Å²) >= 11 is 0. The van der Waals surface area contributed by atoms with Crippen molar-refractivity contribution in [1.29, 1.82) is 5.26 Å². The van der Waals surface area contributed by atoms with Crippen molar-refractivity contribution in [2.45, 2.75) is 6.42 Å². The molecule has 0 N–H and O–H groups in total. The lowest BCUT2D eigenvalue weighted by Gasteiger charge is -2.18. The number of carbonyl (C=O) groups is 2. The summed E-state index contributed by atoms with van der Waals surface area (Å²) in [6, 6.07) is 7.40. The van der Waals surface area contributed by atoms with Crippen molar-refractivity contribution in [3.63, 3.8) is 0 Å². The number of methoxy groups -OCH3 is 1. The Bertz CT molecular complexity index is 511. The molecular formula is C13H13FN2O3. The molecule has 0 bridgehead atoms. The fourth-order valence-electron chi connectivity index (χ4n) is 1.47. The molecule has 0 saturated carbocycles. The zero-order valence-electron chi connectivity index (χ0n) is 10.4. The Kier molecular flexibility index (Phi) is 5.48. The molecule has 0 spiro atoms. The molecule has 19 heavy (non-hydrogen) atoms. The number of carbonyl (C=O) groups excluding carboxylic acids is 2. The standard InChI is InChI=1S/C13H13FN2O3/c1-19-13(18)9-16(6-5-15)12(17)8-10-3-2-4-11(14)7-10/h2-4,7H,6,8-9H2,1H3. The quantitative estimate of drug-likeness (QED) is 0.585. The molecule has 0 aliphatic carbocycles. The minimum absolute atomic E-state index is 0.0730. The molecule has 6 heteroatoms. The Balaban J connectivity index is 2.72. The largest absolute Gasteiger partial charge is 0.468 e. The van der Waals surface area contributed by atoms with Crippen LogP contribution in [0.1, 0.15) is 5.56 Å². The number of rotatable bonds is 5. The van der Waals surface area contributed by atoms with E-state index in [0.717, 1.165) is 4.90 Å². The fraction of sp³-hybridized carbons (Fsp3) is 0.308. The van der Waals surface area contributed by atoms with Gasteiger partial charge in [-0.3, -0.25) is 9.59 Å². The molecule has 0 aliphatic rings. The van der Waals surface area contributed by atoms with Gasteiger partial charge in [0.25, 0.3) is 0 Å². The van der Waals surface area contributed by atoms with Crippen LogP contribution in [-0.2, 0) is 20.7 Å². The maximum Gasteiger partial charge on any atom is 0.325 e. The van der Waals surface area contributed by atoms with E-state index in [0.29, 0.717) is 5.56 Å². The summed E-state index contributed by atoms with van der Waals surface area (Å²) in [6.07, 6.45) is -0.0730. The summed E-state index contributed by atoms with van der Waals surface area (Å²) in [5.41, 5.74) is 0.484. The minimum atomic E-state index is -0.608. The van der Waals surface area contributed by atoms with Gasteiger partial charge in [0.2, 0.25) is 5.91 Å². The first-order valence-electron chi connectivity index (χ1n) is 5.52. The number of hydrogen-bond donors (Lipinski definition) is 0. The van der Waals surface area contributed by atoms with Crippen LogP contribution in [0, 0.1) is 17.1 Å². The summed E-state index contributed by atoms with van der Waals surface area (Å²) in [7, 11) is 1.20. The van der Waals surface area contributed by atoms with Gasteiger partial charge in [0.1, 0.15) is 18.9 Å². The van der Waals surface area contributed by atoms with Crippen molar-refractivity contribution in [2.75, 3.05) is 20.2 Å². The van der Waals surface area contributed by atoms with Crippen LogP contribution in [0.2, 0.25) is 0 Å². The third kappa shape index (κ3) is 4.76. The molecule has 0 heterocycles. The number of nitriles is 1. The highest BCUT2D eigenvalue weighted by atomic mass is 19.1. The van der Waals surface area contributed by atoms with Crippen LogP contribution in [0.15, 0.2) is 24.3 Å². The molecule has 1 amide bonds. The van der Waals surface area contributed by atoms with Gasteiger partial charge in [0.15, 0.2) is 0 Å². The van der Waals surface area contributed by atoms with Gasteiger partial charge in [-0.1, -0.05) is 12.1 Å². The lowest BCUT2D eigenvalue weighted by Crippen LogP contribution is -2.37. The van der Waals surface area contributed by atoms with Gasteiger partial charge >= 0.3 is 5.97 Å². The maximum atomic E-state index is 13.0. The van der Waals surface area contributed by atoms with Gasteiger partial charge in [-0.25, -0.2) is 4.39 Å². The highest BCUT2D eigenvalue weighted by molar-refractivity contribution is 5.83. The van der Waals surface area contributed by atoms with E-state index in [9.17, 15) is 14.0 Å². The number of hydrogen-bond acceptors (Lipinski definition) is 4. The summed E-state index contributed by atoms with van der Waals surface area (Å²) in [4.78, 5) is 24.1. The zero-order chi connectivity index (χ0) is 14.3. The third-order valence-corrected chi connectivity index (χ3v) is 2.41. The third-order valence-electron chi connectivity index (χ3n) is 2.41. The second-order valence-electron chi connectivity index (χ2n) is 3.79. The number of halogens is 1. The average Bonchev–Trinajstić information content (AvgIpc) is 2.38. The first-order valence-corrected chi connectivity index (χ1v) is 5.52. The van der Waals surface area contributed by atoms with Gasteiger partial charge in [-0.05, 0) is 17.7 Å². The number of ether oxygens (including phenoxy) is 1. The molecule has 0 aliphatic heterocycles. The molecule has 1 aromatic carbocycles. The Morgan fingerprint density at radius 1 is 1.47 bits per heavy atom. The normalized spacial score (nSPS) is 9.53. The molecule has 0 atom stereocenters. The smallest absolute Gasteiger partial charge is 0.325 e. The molecule has 5 nitrogen and oxygen atoms in total. The monoisotopic (exact) mass is 264 g/mol. The van der Waals surface area contributed by atoms with Crippen molar-refractivity contribution in [2.24, 2.45) is 0 Å². The van der Waals surface area contributed by atoms with Crippen molar-refractivity contribution in [1.82, 2.24) is 4.90 Å². The lowest BCUT2D eigenvalue weighted by molar-refractivity contribution is -0.146. The van der Waals surface area contributed by atoms with E-state index < -0.39 is 17.7 Å². The summed E-state index contributed by atoms with van der Waals surface area (Å²) in [6.45, 7) is -0.512. The molecule has 1 rings (SSSR count). The number of nitrogens with zero attached hydrogens (tertiary/aromatic N) is 2. The van der Waals surface area contributed by atoms with E-state index in [1.807, 2.05) is 0 Å². The maximum absolute atomic E-state index is 13.0. The molecule has 1 aromatic rings. The van der Waals surface area contributed by atoms with Crippen molar-refractivity contribution < 1.29 is 18.7 Å². The van der Waals surface area contributed by atoms with Crippen LogP contribution < -0.4 is 0 Å². The SMILES string of the molecule is COC(=O)CN(CC#N)C(=O)Cc1cccc(F)c1. The second-order valence-corrected chi connectivity index (χ2v) is 3.79. The van der Waals surface area contributed by atoms with E-state index in [-0.39, 0.29) is 19.5 Å². The zero-order valence-corrected chi connectivity index (χ0v) is 10.4. The van der Waals surface area contributed by atoms with E-state index in [2.05, 4.69) is 4.74 Å². The van der Waals surface area contributed by atoms with E-state index in [4.69, 9.17) is 5.26 Å². The Morgan fingerprint density at radius 2 is 2.21 bits per heavy atom. The van der Waals surface area contributed by atoms with Gasteiger partial charge in [-0.15, -0.1) is 0 Å². The second kappa shape index (κ2) is 7.11. The van der Waals surface area contributed by atoms with E-state index in [1.54, 1.807) is 12.1 Å². The number of amides is 1. The minimum Gasteiger partial charge on any atom is -0.468 e. The first-order chi connectivity index (χ1) is 9.06. The molecule has 0 saturated heterocycles. The molecular weight excluding hydrogens is 251 g/mol. The van der Waals surface area contributed by atoms with Crippen LogP contribution in [0.5, 0.6) is 0 Å². The first kappa shape index (κ1) is 14.6. The summed E-state index contributed by atoms with van der Waals surface area (Å²) in [5.74, 6) is -1.48. The molecule has 0 fully saturated rings. The topological polar surface area (TPSA) is 70.4 Å². The lowest BCUT2D eigenvalue weighted by atomic mass is 10.1. The van der Waals surface area contributed by atoms with E-state index in [1.165, 1.54) is 25.3 Å². The van der Waals surface area contributed by atoms with E-state index >= 15 is 0 Å². The van der Waals surface area contributed by atoms with Crippen LogP contribution >= 0.6 is 0 Å². The van der Waals surface area contributed by atoms with Gasteiger partial charge in [0, 0.05) is 0 Å². The number of esters is 1. The van der Waals surface area contributed by atoms with Gasteiger partial charge < -0.3 is 9.64 Å². The molecule has 100 valence electrons. The summed E-state index contributed by atoms with van der Waals surface area (Å²) < 4.78 is 17.4. The van der Waals surface area contributed by atoms with Crippen LogP contribution in [-0.4, -0.2) is 37.0 Å². The molecule has 0 radical (unpaired) electrons. The predicted octanol–water partition coefficient (Wildman–Crippen LogP) is 0.893. The van der Waals surface area contributed by atoms with Crippen molar-refractivity contribution in [3.8, 4) is 6.07 Å². The van der Waals surface area contributed by atoms with Crippen molar-refractivity contribution in [3.05, 3.63) is 35.6 Å². The molecule has 0 unspecified atom stereocenters. The fourth-order valence-corrected chi connectivity index (χ4v) is 1.47. The van der Waals surface area contributed by atoms with Crippen molar-refractivity contribution >= 4 is 11.9 Å². The average molecular weight is 264 g/mol.